The highest BCUT2D eigenvalue weighted by molar-refractivity contribution is 14.0. The number of aryl methyl sites for hydroxylation is 1. The third-order valence-electron chi connectivity index (χ3n) is 5.98. The van der Waals surface area contributed by atoms with Crippen molar-refractivity contribution in [1.82, 2.24) is 30.3 Å². The summed E-state index contributed by atoms with van der Waals surface area (Å²) in [4.78, 5) is 7.25. The standard InChI is InChI=1S/C23H37N7O2.HI/c1-18-27-28-21(29(18)4)16-25-22(24-11-10-19-6-8-20(31-5)9-7-19)26-17-23(2,3)30-12-14-32-15-13-30;/h6-9H,10-17H2,1-5H3,(H2,24,25,26);1H. The van der Waals surface area contributed by atoms with Gasteiger partial charge in [0.05, 0.1) is 20.3 Å². The number of hydrogen-bond acceptors (Lipinski definition) is 6. The lowest BCUT2D eigenvalue weighted by atomic mass is 10.0. The van der Waals surface area contributed by atoms with Gasteiger partial charge in [0.2, 0.25) is 0 Å². The van der Waals surface area contributed by atoms with Gasteiger partial charge in [0.15, 0.2) is 11.8 Å². The van der Waals surface area contributed by atoms with Crippen LogP contribution < -0.4 is 15.4 Å². The Morgan fingerprint density at radius 1 is 1.15 bits per heavy atom. The van der Waals surface area contributed by atoms with Crippen LogP contribution in [0.5, 0.6) is 5.75 Å². The van der Waals surface area contributed by atoms with Gasteiger partial charge >= 0.3 is 0 Å². The third kappa shape index (κ3) is 8.11. The fraction of sp³-hybridized carbons (Fsp3) is 0.609. The molecule has 0 unspecified atom stereocenters. The van der Waals surface area contributed by atoms with E-state index in [2.05, 4.69) is 51.7 Å². The molecule has 0 bridgehead atoms. The second kappa shape index (κ2) is 13.1. The minimum atomic E-state index is -0.0103. The molecule has 9 nitrogen and oxygen atoms in total. The molecule has 1 aromatic heterocycles. The van der Waals surface area contributed by atoms with Gasteiger partial charge in [-0.05, 0) is 44.9 Å². The van der Waals surface area contributed by atoms with Gasteiger partial charge in [0.25, 0.3) is 0 Å². The first-order chi connectivity index (χ1) is 15.4. The molecule has 1 aliphatic rings. The topological polar surface area (TPSA) is 88.8 Å². The molecule has 0 saturated carbocycles. The van der Waals surface area contributed by atoms with E-state index in [1.807, 2.05) is 30.7 Å². The Balaban J connectivity index is 0.00000385. The molecule has 1 saturated heterocycles. The van der Waals surface area contributed by atoms with Crippen LogP contribution in [-0.2, 0) is 24.8 Å². The van der Waals surface area contributed by atoms with Crippen LogP contribution in [0.2, 0.25) is 0 Å². The van der Waals surface area contributed by atoms with Crippen molar-refractivity contribution in [3.8, 4) is 5.75 Å². The SMILES string of the molecule is COc1ccc(CCNC(=NCc2nnc(C)n2C)NCC(C)(C)N2CCOCC2)cc1.I. The Kier molecular flexibility index (Phi) is 10.8. The number of hydrogen-bond donors (Lipinski definition) is 2. The van der Waals surface area contributed by atoms with Crippen LogP contribution in [-0.4, -0.2) is 77.7 Å². The average Bonchev–Trinajstić information content (AvgIpc) is 3.13. The average molecular weight is 572 g/mol. The lowest BCUT2D eigenvalue weighted by Gasteiger charge is -2.41. The normalized spacial score (nSPS) is 15.1. The summed E-state index contributed by atoms with van der Waals surface area (Å²) in [6.45, 7) is 11.9. The van der Waals surface area contributed by atoms with Gasteiger partial charge in [-0.3, -0.25) is 4.90 Å². The number of guanidine groups is 1. The highest BCUT2D eigenvalue weighted by Gasteiger charge is 2.28. The zero-order chi connectivity index (χ0) is 23.0. The molecular formula is C23H38IN7O2. The Hall–Kier alpha value is -1.92. The van der Waals surface area contributed by atoms with Crippen LogP contribution in [0.25, 0.3) is 0 Å². The first-order valence-electron chi connectivity index (χ1n) is 11.2. The predicted octanol–water partition coefficient (Wildman–Crippen LogP) is 2.14. The van der Waals surface area contributed by atoms with Gasteiger partial charge in [-0.15, -0.1) is 34.2 Å². The Labute approximate surface area is 214 Å². The van der Waals surface area contributed by atoms with E-state index in [1.54, 1.807) is 7.11 Å². The molecular weight excluding hydrogens is 533 g/mol. The number of morpholine rings is 1. The van der Waals surface area contributed by atoms with Crippen LogP contribution in [0.1, 0.15) is 31.1 Å². The summed E-state index contributed by atoms with van der Waals surface area (Å²) in [6, 6.07) is 8.16. The van der Waals surface area contributed by atoms with Gasteiger partial charge in [-0.2, -0.15) is 0 Å². The smallest absolute Gasteiger partial charge is 0.191 e. The number of rotatable bonds is 9. The molecule has 184 valence electrons. The summed E-state index contributed by atoms with van der Waals surface area (Å²) in [5, 5.41) is 15.4. The van der Waals surface area contributed by atoms with Crippen LogP contribution >= 0.6 is 24.0 Å². The predicted molar refractivity (Wildman–Crippen MR) is 141 cm³/mol. The maximum absolute atomic E-state index is 5.51. The molecule has 33 heavy (non-hydrogen) atoms. The van der Waals surface area contributed by atoms with E-state index in [-0.39, 0.29) is 29.5 Å². The quantitative estimate of drug-likeness (QED) is 0.271. The summed E-state index contributed by atoms with van der Waals surface area (Å²) < 4.78 is 12.7. The second-order valence-electron chi connectivity index (χ2n) is 8.68. The maximum atomic E-state index is 5.51. The van der Waals surface area contributed by atoms with Crippen molar-refractivity contribution in [3.05, 3.63) is 41.5 Å². The Morgan fingerprint density at radius 3 is 2.45 bits per heavy atom. The lowest BCUT2D eigenvalue weighted by Crippen LogP contribution is -2.56. The maximum Gasteiger partial charge on any atom is 0.191 e. The van der Waals surface area contributed by atoms with Crippen molar-refractivity contribution < 1.29 is 9.47 Å². The van der Waals surface area contributed by atoms with E-state index in [1.165, 1.54) is 5.56 Å². The molecule has 3 rings (SSSR count). The number of benzene rings is 1. The third-order valence-corrected chi connectivity index (χ3v) is 5.98. The molecule has 0 spiro atoms. The van der Waals surface area contributed by atoms with Crippen LogP contribution in [0.15, 0.2) is 29.3 Å². The number of nitrogens with zero attached hydrogens (tertiary/aromatic N) is 5. The van der Waals surface area contributed by atoms with Crippen molar-refractivity contribution in [2.45, 2.75) is 39.3 Å². The molecule has 0 amide bonds. The van der Waals surface area contributed by atoms with Gasteiger partial charge < -0.3 is 24.7 Å². The monoisotopic (exact) mass is 571 g/mol. The number of nitrogens with one attached hydrogen (secondary N) is 2. The largest absolute Gasteiger partial charge is 0.497 e. The molecule has 1 fully saturated rings. The molecule has 0 atom stereocenters. The van der Waals surface area contributed by atoms with E-state index >= 15 is 0 Å². The zero-order valence-corrected chi connectivity index (χ0v) is 22.8. The first-order valence-corrected chi connectivity index (χ1v) is 11.2. The van der Waals surface area contributed by atoms with Gasteiger partial charge in [0.1, 0.15) is 18.1 Å². The molecule has 1 aromatic carbocycles. The number of ether oxygens (including phenoxy) is 2. The highest BCUT2D eigenvalue weighted by Crippen LogP contribution is 2.15. The molecule has 10 heteroatoms. The number of aromatic nitrogens is 3. The van der Waals surface area contributed by atoms with Gasteiger partial charge in [-0.1, -0.05) is 12.1 Å². The molecule has 0 aliphatic carbocycles. The van der Waals surface area contributed by atoms with Crippen molar-refractivity contribution in [3.63, 3.8) is 0 Å². The summed E-state index contributed by atoms with van der Waals surface area (Å²) in [5.74, 6) is 3.37. The van der Waals surface area contributed by atoms with Crippen molar-refractivity contribution in [2.24, 2.45) is 12.0 Å². The number of aliphatic imine (C=N–C) groups is 1. The van der Waals surface area contributed by atoms with Crippen molar-refractivity contribution >= 4 is 29.9 Å². The van der Waals surface area contributed by atoms with Crippen LogP contribution in [0.3, 0.4) is 0 Å². The van der Waals surface area contributed by atoms with E-state index in [4.69, 9.17) is 14.5 Å². The second-order valence-corrected chi connectivity index (χ2v) is 8.68. The molecule has 2 heterocycles. The fourth-order valence-electron chi connectivity index (χ4n) is 3.61. The van der Waals surface area contributed by atoms with E-state index in [0.29, 0.717) is 6.54 Å². The zero-order valence-electron chi connectivity index (χ0n) is 20.4. The number of halogens is 1. The fourth-order valence-corrected chi connectivity index (χ4v) is 3.61. The van der Waals surface area contributed by atoms with Crippen molar-refractivity contribution in [1.29, 1.82) is 0 Å². The lowest BCUT2D eigenvalue weighted by molar-refractivity contribution is -0.00834. The summed E-state index contributed by atoms with van der Waals surface area (Å²) in [6.07, 6.45) is 0.890. The van der Waals surface area contributed by atoms with E-state index in [0.717, 1.165) is 69.2 Å². The first kappa shape index (κ1) is 27.3. The Morgan fingerprint density at radius 2 is 1.85 bits per heavy atom. The Bertz CT molecular complexity index is 877. The molecule has 2 N–H and O–H groups in total. The minimum Gasteiger partial charge on any atom is -0.497 e. The van der Waals surface area contributed by atoms with Crippen LogP contribution in [0.4, 0.5) is 0 Å². The summed E-state index contributed by atoms with van der Waals surface area (Å²) in [7, 11) is 3.65. The van der Waals surface area contributed by atoms with E-state index in [9.17, 15) is 0 Å². The van der Waals surface area contributed by atoms with E-state index < -0.39 is 0 Å². The number of methoxy groups -OCH3 is 1. The molecule has 0 radical (unpaired) electrons. The van der Waals surface area contributed by atoms with Crippen LogP contribution in [0, 0.1) is 6.92 Å². The van der Waals surface area contributed by atoms with Gasteiger partial charge in [-0.25, -0.2) is 4.99 Å². The van der Waals surface area contributed by atoms with Gasteiger partial charge in [0, 0.05) is 38.8 Å². The summed E-state index contributed by atoms with van der Waals surface area (Å²) in [5.41, 5.74) is 1.24. The summed E-state index contributed by atoms with van der Waals surface area (Å²) >= 11 is 0. The van der Waals surface area contributed by atoms with Crippen molar-refractivity contribution in [2.75, 3.05) is 46.5 Å². The highest BCUT2D eigenvalue weighted by atomic mass is 127. The minimum absolute atomic E-state index is 0. The molecule has 2 aromatic rings. The molecule has 1 aliphatic heterocycles.